The molecule has 0 N–H and O–H groups in total. The van der Waals surface area contributed by atoms with Crippen molar-refractivity contribution in [2.24, 2.45) is 0 Å². The van der Waals surface area contributed by atoms with Crippen LogP contribution in [-0.2, 0) is 23.5 Å². The van der Waals surface area contributed by atoms with E-state index in [-0.39, 0.29) is 18.0 Å². The highest BCUT2D eigenvalue weighted by Crippen LogP contribution is 2.31. The molecule has 0 unspecified atom stereocenters. The minimum absolute atomic E-state index is 0.179. The van der Waals surface area contributed by atoms with Crippen LogP contribution >= 0.6 is 23.1 Å². The van der Waals surface area contributed by atoms with Crippen molar-refractivity contribution in [3.63, 3.8) is 0 Å². The summed E-state index contributed by atoms with van der Waals surface area (Å²) in [4.78, 5) is 31.6. The summed E-state index contributed by atoms with van der Waals surface area (Å²) >= 11 is 2.56. The summed E-state index contributed by atoms with van der Waals surface area (Å²) in [5.41, 5.74) is 2.33. The summed E-state index contributed by atoms with van der Waals surface area (Å²) < 4.78 is 20.4. The van der Waals surface area contributed by atoms with Crippen molar-refractivity contribution in [2.45, 2.75) is 37.7 Å². The summed E-state index contributed by atoms with van der Waals surface area (Å²) in [6.07, 6.45) is 0.662. The number of benzene rings is 2. The average Bonchev–Trinajstić information content (AvgIpc) is 3.14. The minimum atomic E-state index is -0.442. The molecule has 0 spiro atoms. The lowest BCUT2D eigenvalue weighted by molar-refractivity contribution is 0.0531. The van der Waals surface area contributed by atoms with Crippen molar-refractivity contribution in [3.8, 4) is 0 Å². The Morgan fingerprint density at radius 2 is 1.91 bits per heavy atom. The van der Waals surface area contributed by atoms with Gasteiger partial charge in [0.15, 0.2) is 5.16 Å². The number of fused-ring (bicyclic) bond motifs is 1. The number of carbonyl (C=O) groups excluding carboxylic acids is 1. The van der Waals surface area contributed by atoms with Crippen LogP contribution in [0, 0.1) is 12.7 Å². The standard InChI is InChI=1S/C25H23FN2O3S2/c1-3-31-24(30)21-16(2)20-22(33-21)27-25(32-15-18-10-7-11-19(26)14-18)28(23(20)29)13-12-17-8-5-4-6-9-17/h4-11,14H,3,12-13,15H2,1-2H3. The van der Waals surface area contributed by atoms with E-state index < -0.39 is 5.97 Å². The van der Waals surface area contributed by atoms with Gasteiger partial charge in [-0.3, -0.25) is 9.36 Å². The number of aromatic nitrogens is 2. The summed E-state index contributed by atoms with van der Waals surface area (Å²) in [7, 11) is 0. The fourth-order valence-corrected chi connectivity index (χ4v) is 5.64. The number of thiophene rings is 1. The van der Waals surface area contributed by atoms with Gasteiger partial charge in [-0.2, -0.15) is 0 Å². The van der Waals surface area contributed by atoms with Crippen LogP contribution in [0.5, 0.6) is 0 Å². The smallest absolute Gasteiger partial charge is 0.348 e. The van der Waals surface area contributed by atoms with Gasteiger partial charge < -0.3 is 4.74 Å². The van der Waals surface area contributed by atoms with Crippen molar-refractivity contribution < 1.29 is 13.9 Å². The maximum Gasteiger partial charge on any atom is 0.348 e. The quantitative estimate of drug-likeness (QED) is 0.185. The van der Waals surface area contributed by atoms with E-state index in [0.29, 0.717) is 44.5 Å². The third-order valence-corrected chi connectivity index (χ3v) is 7.41. The predicted octanol–water partition coefficient (Wildman–Crippen LogP) is 5.62. The number of nitrogens with zero attached hydrogens (tertiary/aromatic N) is 2. The van der Waals surface area contributed by atoms with Crippen molar-refractivity contribution in [1.82, 2.24) is 9.55 Å². The first-order chi connectivity index (χ1) is 16.0. The molecule has 8 heteroatoms. The van der Waals surface area contributed by atoms with E-state index >= 15 is 0 Å². The second kappa shape index (κ2) is 10.3. The van der Waals surface area contributed by atoms with E-state index in [9.17, 15) is 14.0 Å². The lowest BCUT2D eigenvalue weighted by Gasteiger charge is -2.12. The third kappa shape index (κ3) is 5.17. The number of ether oxygens (including phenoxy) is 1. The van der Waals surface area contributed by atoms with E-state index in [2.05, 4.69) is 0 Å². The van der Waals surface area contributed by atoms with E-state index in [0.717, 1.165) is 11.1 Å². The molecule has 33 heavy (non-hydrogen) atoms. The highest BCUT2D eigenvalue weighted by molar-refractivity contribution is 7.98. The lowest BCUT2D eigenvalue weighted by atomic mass is 10.1. The van der Waals surface area contributed by atoms with Gasteiger partial charge in [-0.15, -0.1) is 11.3 Å². The first-order valence-corrected chi connectivity index (χ1v) is 12.4. The Hall–Kier alpha value is -2.97. The third-order valence-electron chi connectivity index (χ3n) is 5.20. The monoisotopic (exact) mass is 482 g/mol. The zero-order valence-corrected chi connectivity index (χ0v) is 20.0. The summed E-state index contributed by atoms with van der Waals surface area (Å²) in [5.74, 6) is -0.274. The van der Waals surface area contributed by atoms with Crippen LogP contribution < -0.4 is 5.56 Å². The Balaban J connectivity index is 1.75. The van der Waals surface area contributed by atoms with Crippen LogP contribution in [0.3, 0.4) is 0 Å². The van der Waals surface area contributed by atoms with Crippen molar-refractivity contribution in [3.05, 3.63) is 92.3 Å². The van der Waals surface area contributed by atoms with Gasteiger partial charge in [-0.05, 0) is 49.1 Å². The Bertz CT molecular complexity index is 1350. The Morgan fingerprint density at radius 3 is 2.64 bits per heavy atom. The fraction of sp³-hybridized carbons (Fsp3) is 0.240. The lowest BCUT2D eigenvalue weighted by Crippen LogP contribution is -2.24. The molecule has 4 aromatic rings. The molecule has 0 amide bonds. The van der Waals surface area contributed by atoms with Gasteiger partial charge >= 0.3 is 5.97 Å². The molecule has 0 bridgehead atoms. The largest absolute Gasteiger partial charge is 0.462 e. The Labute approximate surface area is 199 Å². The maximum atomic E-state index is 13.6. The highest BCUT2D eigenvalue weighted by Gasteiger charge is 2.22. The predicted molar refractivity (Wildman–Crippen MR) is 131 cm³/mol. The second-order valence-corrected chi connectivity index (χ2v) is 9.40. The van der Waals surface area contributed by atoms with Gasteiger partial charge in [0.2, 0.25) is 0 Å². The molecule has 2 aromatic heterocycles. The van der Waals surface area contributed by atoms with Crippen LogP contribution in [-0.4, -0.2) is 22.1 Å². The minimum Gasteiger partial charge on any atom is -0.462 e. The number of halogens is 1. The first kappa shape index (κ1) is 23.2. The van der Waals surface area contributed by atoms with Gasteiger partial charge in [0, 0.05) is 12.3 Å². The van der Waals surface area contributed by atoms with Crippen molar-refractivity contribution >= 4 is 39.3 Å². The molecular weight excluding hydrogens is 459 g/mol. The highest BCUT2D eigenvalue weighted by atomic mass is 32.2. The van der Waals surface area contributed by atoms with Gasteiger partial charge in [0.05, 0.1) is 12.0 Å². The molecular formula is C25H23FN2O3S2. The normalized spacial score (nSPS) is 11.1. The molecule has 0 saturated heterocycles. The van der Waals surface area contributed by atoms with Gasteiger partial charge in [-0.25, -0.2) is 14.2 Å². The van der Waals surface area contributed by atoms with E-state index in [4.69, 9.17) is 9.72 Å². The molecule has 0 aliphatic carbocycles. The summed E-state index contributed by atoms with van der Waals surface area (Å²) in [6, 6.07) is 16.3. The maximum absolute atomic E-state index is 13.6. The number of rotatable bonds is 8. The topological polar surface area (TPSA) is 61.2 Å². The Morgan fingerprint density at radius 1 is 1.15 bits per heavy atom. The number of thioether (sulfide) groups is 1. The fourth-order valence-electron chi connectivity index (χ4n) is 3.56. The molecule has 2 aromatic carbocycles. The van der Waals surface area contributed by atoms with Crippen LogP contribution in [0.2, 0.25) is 0 Å². The number of aryl methyl sites for hydroxylation is 2. The van der Waals surface area contributed by atoms with Crippen molar-refractivity contribution in [2.75, 3.05) is 6.61 Å². The zero-order chi connectivity index (χ0) is 23.4. The number of hydrogen-bond donors (Lipinski definition) is 0. The molecule has 0 radical (unpaired) electrons. The molecule has 2 heterocycles. The summed E-state index contributed by atoms with van der Waals surface area (Å²) in [5, 5.41) is 0.996. The van der Waals surface area contributed by atoms with E-state index in [1.807, 2.05) is 36.4 Å². The van der Waals surface area contributed by atoms with Gasteiger partial charge in [0.25, 0.3) is 5.56 Å². The summed E-state index contributed by atoms with van der Waals surface area (Å²) in [6.45, 7) is 4.21. The van der Waals surface area contributed by atoms with Crippen LogP contribution in [0.1, 0.15) is 33.3 Å². The molecule has 0 aliphatic rings. The van der Waals surface area contributed by atoms with E-state index in [1.165, 1.54) is 35.2 Å². The van der Waals surface area contributed by atoms with Gasteiger partial charge in [0.1, 0.15) is 15.5 Å². The van der Waals surface area contributed by atoms with Crippen molar-refractivity contribution in [1.29, 1.82) is 0 Å². The first-order valence-electron chi connectivity index (χ1n) is 10.6. The molecule has 170 valence electrons. The number of hydrogen-bond acceptors (Lipinski definition) is 6. The SMILES string of the molecule is CCOC(=O)c1sc2nc(SCc3cccc(F)c3)n(CCc3ccccc3)c(=O)c2c1C. The van der Waals surface area contributed by atoms with Crippen LogP contribution in [0.4, 0.5) is 4.39 Å². The van der Waals surface area contributed by atoms with E-state index in [1.54, 1.807) is 24.5 Å². The number of carbonyl (C=O) groups is 1. The molecule has 0 saturated carbocycles. The molecule has 4 rings (SSSR count). The molecule has 5 nitrogen and oxygen atoms in total. The van der Waals surface area contributed by atoms with Crippen LogP contribution in [0.15, 0.2) is 64.5 Å². The Kier molecular flexibility index (Phi) is 7.25. The second-order valence-electron chi connectivity index (χ2n) is 7.46. The molecule has 0 fully saturated rings. The zero-order valence-electron chi connectivity index (χ0n) is 18.3. The molecule has 0 aliphatic heterocycles. The average molecular weight is 483 g/mol. The van der Waals surface area contributed by atoms with Crippen LogP contribution in [0.25, 0.3) is 10.2 Å². The van der Waals surface area contributed by atoms with Gasteiger partial charge in [-0.1, -0.05) is 54.2 Å². The number of esters is 1. The molecule has 0 atom stereocenters.